The molecule has 0 N–H and O–H groups in total. The zero-order valence-corrected chi connectivity index (χ0v) is 12.7. The molecule has 1 fully saturated rings. The van der Waals surface area contributed by atoms with Gasteiger partial charge in [0.25, 0.3) is 0 Å². The molecule has 114 valence electrons. The Morgan fingerprint density at radius 2 is 2.14 bits per heavy atom. The molecule has 7 heteroatoms. The fraction of sp³-hybridized carbons (Fsp3) is 0.714. The lowest BCUT2D eigenvalue weighted by atomic mass is 9.90. The average Bonchev–Trinajstić information content (AvgIpc) is 3.10. The number of hydrogen-bond donors (Lipinski definition) is 0. The van der Waals surface area contributed by atoms with Crippen LogP contribution in [-0.2, 0) is 13.0 Å². The van der Waals surface area contributed by atoms with Crippen LogP contribution in [0.4, 0.5) is 0 Å². The second-order valence-corrected chi connectivity index (χ2v) is 5.58. The van der Waals surface area contributed by atoms with Gasteiger partial charge in [0.15, 0.2) is 5.82 Å². The van der Waals surface area contributed by atoms with Crippen LogP contribution in [0.3, 0.4) is 0 Å². The highest BCUT2D eigenvalue weighted by Gasteiger charge is 2.33. The van der Waals surface area contributed by atoms with Gasteiger partial charge in [0.2, 0.25) is 17.7 Å². The molecule has 0 amide bonds. The van der Waals surface area contributed by atoms with Gasteiger partial charge in [-0.15, -0.1) is 10.2 Å². The molecule has 1 aliphatic heterocycles. The van der Waals surface area contributed by atoms with E-state index in [1.807, 2.05) is 13.8 Å². The quantitative estimate of drug-likeness (QED) is 0.853. The highest BCUT2D eigenvalue weighted by atomic mass is 16.5. The van der Waals surface area contributed by atoms with E-state index in [-0.39, 0.29) is 5.92 Å². The van der Waals surface area contributed by atoms with Crippen molar-refractivity contribution in [2.75, 3.05) is 6.54 Å². The molecular weight excluding hydrogens is 270 g/mol. The molecule has 0 unspecified atom stereocenters. The van der Waals surface area contributed by atoms with Gasteiger partial charge in [-0.05, 0) is 33.2 Å². The molecular formula is C14H21N5O2. The van der Waals surface area contributed by atoms with E-state index in [1.165, 1.54) is 0 Å². The van der Waals surface area contributed by atoms with Crippen LogP contribution in [0.15, 0.2) is 8.94 Å². The summed E-state index contributed by atoms with van der Waals surface area (Å²) in [6, 6.07) is 0.316. The summed E-state index contributed by atoms with van der Waals surface area (Å²) in [5.74, 6) is 3.08. The van der Waals surface area contributed by atoms with Gasteiger partial charge in [-0.2, -0.15) is 4.98 Å². The van der Waals surface area contributed by atoms with Crippen molar-refractivity contribution in [2.24, 2.45) is 0 Å². The van der Waals surface area contributed by atoms with Gasteiger partial charge in [-0.25, -0.2) is 0 Å². The largest absolute Gasteiger partial charge is 0.425 e. The predicted molar refractivity (Wildman–Crippen MR) is 74.6 cm³/mol. The zero-order valence-electron chi connectivity index (χ0n) is 12.7. The minimum atomic E-state index is 0.274. The number of nitrogens with zero attached hydrogens (tertiary/aromatic N) is 5. The number of likely N-dealkylation sites (tertiary alicyclic amines) is 1. The number of hydrogen-bond acceptors (Lipinski definition) is 7. The summed E-state index contributed by atoms with van der Waals surface area (Å²) in [4.78, 5) is 6.63. The third-order valence-corrected chi connectivity index (χ3v) is 4.13. The molecule has 21 heavy (non-hydrogen) atoms. The monoisotopic (exact) mass is 291 g/mol. The van der Waals surface area contributed by atoms with Gasteiger partial charge in [-0.3, -0.25) is 4.90 Å². The third-order valence-electron chi connectivity index (χ3n) is 4.13. The van der Waals surface area contributed by atoms with Crippen LogP contribution in [0, 0.1) is 6.92 Å². The van der Waals surface area contributed by atoms with Crippen LogP contribution >= 0.6 is 0 Å². The second-order valence-electron chi connectivity index (χ2n) is 5.58. The summed E-state index contributed by atoms with van der Waals surface area (Å²) < 4.78 is 11.0. The Labute approximate surface area is 123 Å². The molecule has 2 atom stereocenters. The van der Waals surface area contributed by atoms with Gasteiger partial charge in [-0.1, -0.05) is 12.1 Å². The average molecular weight is 291 g/mol. The number of rotatable bonds is 4. The van der Waals surface area contributed by atoms with Gasteiger partial charge in [0, 0.05) is 12.5 Å². The number of aromatic nitrogens is 4. The predicted octanol–water partition coefficient (Wildman–Crippen LogP) is 2.09. The first-order valence-corrected chi connectivity index (χ1v) is 7.53. The lowest BCUT2D eigenvalue weighted by Gasteiger charge is -2.36. The van der Waals surface area contributed by atoms with Crippen molar-refractivity contribution >= 4 is 0 Å². The molecule has 1 saturated heterocycles. The van der Waals surface area contributed by atoms with E-state index >= 15 is 0 Å². The lowest BCUT2D eigenvalue weighted by Crippen LogP contribution is -2.41. The van der Waals surface area contributed by atoms with Crippen LogP contribution in [0.25, 0.3) is 0 Å². The van der Waals surface area contributed by atoms with Crippen molar-refractivity contribution in [3.8, 4) is 0 Å². The van der Waals surface area contributed by atoms with Crippen LogP contribution in [0.2, 0.25) is 0 Å². The van der Waals surface area contributed by atoms with Crippen molar-refractivity contribution in [3.05, 3.63) is 23.5 Å². The molecule has 0 bridgehead atoms. The van der Waals surface area contributed by atoms with E-state index in [2.05, 4.69) is 32.2 Å². The van der Waals surface area contributed by atoms with Crippen molar-refractivity contribution in [2.45, 2.75) is 58.5 Å². The summed E-state index contributed by atoms with van der Waals surface area (Å²) in [6.45, 7) is 7.75. The SMILES string of the molecule is CCc1nnc([C@H]2CCCN(Cc3nc(C)no3)[C@H]2C)o1. The maximum Gasteiger partial charge on any atom is 0.240 e. The molecule has 1 aliphatic rings. The summed E-state index contributed by atoms with van der Waals surface area (Å²) in [5.41, 5.74) is 0. The Hall–Kier alpha value is -1.76. The molecule has 0 saturated carbocycles. The van der Waals surface area contributed by atoms with Crippen LogP contribution in [-0.4, -0.2) is 37.8 Å². The van der Waals surface area contributed by atoms with Gasteiger partial charge < -0.3 is 8.94 Å². The van der Waals surface area contributed by atoms with Crippen LogP contribution in [0.1, 0.15) is 56.1 Å². The second kappa shape index (κ2) is 5.93. The van der Waals surface area contributed by atoms with Crippen molar-refractivity contribution in [3.63, 3.8) is 0 Å². The van der Waals surface area contributed by atoms with Crippen LogP contribution < -0.4 is 0 Å². The molecule has 3 heterocycles. The minimum Gasteiger partial charge on any atom is -0.425 e. The summed E-state index contributed by atoms with van der Waals surface area (Å²) in [5, 5.41) is 12.1. The molecule has 0 spiro atoms. The van der Waals surface area contributed by atoms with E-state index in [9.17, 15) is 0 Å². The summed E-state index contributed by atoms with van der Waals surface area (Å²) in [6.07, 6.45) is 2.96. The third kappa shape index (κ3) is 2.97. The highest BCUT2D eigenvalue weighted by molar-refractivity contribution is 5.00. The van der Waals surface area contributed by atoms with Gasteiger partial charge in [0.1, 0.15) is 0 Å². The highest BCUT2D eigenvalue weighted by Crippen LogP contribution is 2.32. The molecule has 0 aromatic carbocycles. The van der Waals surface area contributed by atoms with Gasteiger partial charge in [0.05, 0.1) is 12.5 Å². The van der Waals surface area contributed by atoms with Gasteiger partial charge >= 0.3 is 0 Å². The lowest BCUT2D eigenvalue weighted by molar-refractivity contribution is 0.105. The Balaban J connectivity index is 1.72. The summed E-state index contributed by atoms with van der Waals surface area (Å²) in [7, 11) is 0. The van der Waals surface area contributed by atoms with Crippen molar-refractivity contribution in [1.82, 2.24) is 25.2 Å². The molecule has 2 aromatic heterocycles. The van der Waals surface area contributed by atoms with E-state index in [0.717, 1.165) is 31.7 Å². The summed E-state index contributed by atoms with van der Waals surface area (Å²) >= 11 is 0. The molecule has 0 aliphatic carbocycles. The number of aryl methyl sites for hydroxylation is 2. The minimum absolute atomic E-state index is 0.274. The van der Waals surface area contributed by atoms with Crippen molar-refractivity contribution in [1.29, 1.82) is 0 Å². The topological polar surface area (TPSA) is 81.1 Å². The smallest absolute Gasteiger partial charge is 0.240 e. The Morgan fingerprint density at radius 1 is 1.29 bits per heavy atom. The van der Waals surface area contributed by atoms with E-state index in [0.29, 0.717) is 30.2 Å². The first-order chi connectivity index (χ1) is 10.2. The van der Waals surface area contributed by atoms with E-state index < -0.39 is 0 Å². The van der Waals surface area contributed by atoms with Crippen LogP contribution in [0.5, 0.6) is 0 Å². The Kier molecular flexibility index (Phi) is 4.01. The molecule has 7 nitrogen and oxygen atoms in total. The Morgan fingerprint density at radius 3 is 2.81 bits per heavy atom. The molecule has 2 aromatic rings. The first-order valence-electron chi connectivity index (χ1n) is 7.53. The van der Waals surface area contributed by atoms with E-state index in [4.69, 9.17) is 8.94 Å². The van der Waals surface area contributed by atoms with Crippen molar-refractivity contribution < 1.29 is 8.94 Å². The zero-order chi connectivity index (χ0) is 14.8. The maximum atomic E-state index is 5.75. The Bertz CT molecular complexity index is 594. The standard InChI is InChI=1S/C14H21N5O2/c1-4-12-16-17-14(20-12)11-6-5-7-19(9(11)2)8-13-15-10(3)18-21-13/h9,11H,4-8H2,1-3H3/t9-,11-/m0/s1. The first kappa shape index (κ1) is 14.2. The fourth-order valence-electron chi connectivity index (χ4n) is 2.90. The normalized spacial score (nSPS) is 23.6. The maximum absolute atomic E-state index is 5.75. The number of piperidine rings is 1. The molecule has 0 radical (unpaired) electrons. The van der Waals surface area contributed by atoms with E-state index in [1.54, 1.807) is 0 Å². The molecule has 3 rings (SSSR count). The fourth-order valence-corrected chi connectivity index (χ4v) is 2.90.